The molecule has 0 fully saturated rings. The number of aryl methyl sites for hydroxylation is 1. The summed E-state index contributed by atoms with van der Waals surface area (Å²) in [7, 11) is 0. The van der Waals surface area contributed by atoms with Gasteiger partial charge in [-0.25, -0.2) is 4.79 Å². The van der Waals surface area contributed by atoms with Crippen molar-refractivity contribution in [1.82, 2.24) is 0 Å². The predicted molar refractivity (Wildman–Crippen MR) is 78.1 cm³/mol. The molecule has 2 aromatic carbocycles. The Bertz CT molecular complexity index is 674. The molecule has 0 bridgehead atoms. The van der Waals surface area contributed by atoms with Gasteiger partial charge < -0.3 is 9.47 Å². The smallest absolute Gasteiger partial charge is 0.338 e. The first-order chi connectivity index (χ1) is 10.2. The summed E-state index contributed by atoms with van der Waals surface area (Å²) < 4.78 is 10.7. The molecule has 0 heterocycles. The second-order valence-corrected chi connectivity index (χ2v) is 4.44. The molecule has 0 aliphatic carbocycles. The number of nitriles is 1. The first-order valence-corrected chi connectivity index (χ1v) is 6.56. The van der Waals surface area contributed by atoms with E-state index in [9.17, 15) is 4.79 Å². The highest BCUT2D eigenvalue weighted by atomic mass is 16.6. The summed E-state index contributed by atoms with van der Waals surface area (Å²) in [4.78, 5) is 11.8. The van der Waals surface area contributed by atoms with E-state index in [1.165, 1.54) is 6.07 Å². The summed E-state index contributed by atoms with van der Waals surface area (Å²) in [5, 5.41) is 8.79. The fraction of sp³-hybridized carbons (Fsp3) is 0.176. The third-order valence-electron chi connectivity index (χ3n) is 2.90. The van der Waals surface area contributed by atoms with Crippen molar-refractivity contribution in [2.75, 3.05) is 13.2 Å². The van der Waals surface area contributed by atoms with Crippen LogP contribution in [0.5, 0.6) is 5.75 Å². The van der Waals surface area contributed by atoms with Crippen molar-refractivity contribution in [3.05, 3.63) is 65.2 Å². The van der Waals surface area contributed by atoms with Crippen LogP contribution in [0.1, 0.15) is 21.5 Å². The zero-order valence-corrected chi connectivity index (χ0v) is 11.7. The molecule has 0 aromatic heterocycles. The number of benzene rings is 2. The number of nitrogens with zero attached hydrogens (tertiary/aromatic N) is 1. The van der Waals surface area contributed by atoms with Gasteiger partial charge in [-0.1, -0.05) is 24.3 Å². The fourth-order valence-corrected chi connectivity index (χ4v) is 1.80. The molecule has 0 N–H and O–H groups in total. The zero-order chi connectivity index (χ0) is 15.1. The number of esters is 1. The van der Waals surface area contributed by atoms with E-state index in [1.54, 1.807) is 18.2 Å². The summed E-state index contributed by atoms with van der Waals surface area (Å²) in [6, 6.07) is 16.0. The molecule has 106 valence electrons. The van der Waals surface area contributed by atoms with Crippen LogP contribution in [0.25, 0.3) is 0 Å². The molecule has 0 amide bonds. The minimum absolute atomic E-state index is 0.157. The van der Waals surface area contributed by atoms with Gasteiger partial charge in [-0.15, -0.1) is 0 Å². The third-order valence-corrected chi connectivity index (χ3v) is 2.90. The van der Waals surface area contributed by atoms with E-state index in [-0.39, 0.29) is 13.2 Å². The second kappa shape index (κ2) is 7.11. The van der Waals surface area contributed by atoms with Crippen LogP contribution in [0.3, 0.4) is 0 Å². The summed E-state index contributed by atoms with van der Waals surface area (Å²) in [5.41, 5.74) is 1.83. The largest absolute Gasteiger partial charge is 0.490 e. The van der Waals surface area contributed by atoms with Gasteiger partial charge in [-0.05, 0) is 36.8 Å². The summed E-state index contributed by atoms with van der Waals surface area (Å²) in [5.74, 6) is 0.320. The van der Waals surface area contributed by atoms with Gasteiger partial charge in [-0.3, -0.25) is 0 Å². The molecule has 0 saturated carbocycles. The number of ether oxygens (including phenoxy) is 2. The molecule has 0 unspecified atom stereocenters. The molecule has 4 heteroatoms. The Kier molecular flexibility index (Phi) is 4.94. The minimum Gasteiger partial charge on any atom is -0.490 e. The normalized spacial score (nSPS) is 9.71. The van der Waals surface area contributed by atoms with E-state index in [1.807, 2.05) is 37.3 Å². The molecular formula is C17H15NO3. The summed E-state index contributed by atoms with van der Waals surface area (Å²) in [6.07, 6.45) is 0. The van der Waals surface area contributed by atoms with E-state index < -0.39 is 5.97 Å². The molecule has 2 rings (SSSR count). The van der Waals surface area contributed by atoms with Gasteiger partial charge in [0.2, 0.25) is 0 Å². The van der Waals surface area contributed by atoms with Gasteiger partial charge >= 0.3 is 5.97 Å². The zero-order valence-electron chi connectivity index (χ0n) is 11.7. The van der Waals surface area contributed by atoms with Crippen LogP contribution >= 0.6 is 0 Å². The lowest BCUT2D eigenvalue weighted by molar-refractivity contribution is 0.0450. The topological polar surface area (TPSA) is 59.3 Å². The van der Waals surface area contributed by atoms with Crippen molar-refractivity contribution in [2.24, 2.45) is 0 Å². The standard InChI is InChI=1S/C17H15NO3/c1-13-5-2-3-8-16(13)20-9-10-21-17(19)15-7-4-6-14(11-15)12-18/h2-8,11H,9-10H2,1H3. The summed E-state index contributed by atoms with van der Waals surface area (Å²) >= 11 is 0. The Morgan fingerprint density at radius 3 is 2.71 bits per heavy atom. The van der Waals surface area contributed by atoms with E-state index in [4.69, 9.17) is 14.7 Å². The maximum atomic E-state index is 11.8. The van der Waals surface area contributed by atoms with E-state index >= 15 is 0 Å². The molecule has 0 saturated heterocycles. The lowest BCUT2D eigenvalue weighted by atomic mass is 10.1. The SMILES string of the molecule is Cc1ccccc1OCCOC(=O)c1cccc(C#N)c1. The number of hydrogen-bond acceptors (Lipinski definition) is 4. The molecule has 4 nitrogen and oxygen atoms in total. The Balaban J connectivity index is 1.82. The van der Waals surface area contributed by atoms with Gasteiger partial charge in [-0.2, -0.15) is 5.26 Å². The third kappa shape index (κ3) is 4.08. The molecule has 2 aromatic rings. The van der Waals surface area contributed by atoms with Crippen LogP contribution in [0, 0.1) is 18.3 Å². The number of para-hydroxylation sites is 1. The van der Waals surface area contributed by atoms with Crippen molar-refractivity contribution >= 4 is 5.97 Å². The predicted octanol–water partition coefficient (Wildman–Crippen LogP) is 3.10. The first kappa shape index (κ1) is 14.6. The Morgan fingerprint density at radius 1 is 1.14 bits per heavy atom. The van der Waals surface area contributed by atoms with Crippen LogP contribution < -0.4 is 4.74 Å². The number of hydrogen-bond donors (Lipinski definition) is 0. The second-order valence-electron chi connectivity index (χ2n) is 4.44. The average Bonchev–Trinajstić information content (AvgIpc) is 2.53. The van der Waals surface area contributed by atoms with Gasteiger partial charge in [0, 0.05) is 0 Å². The van der Waals surface area contributed by atoms with Gasteiger partial charge in [0.05, 0.1) is 17.2 Å². The maximum absolute atomic E-state index is 11.8. The molecule has 21 heavy (non-hydrogen) atoms. The lowest BCUT2D eigenvalue weighted by Crippen LogP contribution is -2.12. The highest BCUT2D eigenvalue weighted by molar-refractivity contribution is 5.89. The van der Waals surface area contributed by atoms with Crippen LogP contribution in [0.15, 0.2) is 48.5 Å². The molecule has 0 atom stereocenters. The van der Waals surface area contributed by atoms with Crippen molar-refractivity contribution < 1.29 is 14.3 Å². The van der Waals surface area contributed by atoms with Crippen LogP contribution in [0.4, 0.5) is 0 Å². The van der Waals surface area contributed by atoms with Crippen molar-refractivity contribution in [1.29, 1.82) is 5.26 Å². The van der Waals surface area contributed by atoms with Crippen molar-refractivity contribution in [2.45, 2.75) is 6.92 Å². The van der Waals surface area contributed by atoms with Gasteiger partial charge in [0.25, 0.3) is 0 Å². The highest BCUT2D eigenvalue weighted by Crippen LogP contribution is 2.15. The van der Waals surface area contributed by atoms with Crippen molar-refractivity contribution in [3.8, 4) is 11.8 Å². The molecule has 0 aliphatic heterocycles. The van der Waals surface area contributed by atoms with Crippen LogP contribution in [0.2, 0.25) is 0 Å². The molecule has 0 spiro atoms. The highest BCUT2D eigenvalue weighted by Gasteiger charge is 2.07. The van der Waals surface area contributed by atoms with Crippen LogP contribution in [-0.4, -0.2) is 19.2 Å². The number of rotatable bonds is 5. The Morgan fingerprint density at radius 2 is 1.95 bits per heavy atom. The number of carbonyl (C=O) groups is 1. The number of carbonyl (C=O) groups excluding carboxylic acids is 1. The lowest BCUT2D eigenvalue weighted by Gasteiger charge is -2.09. The average molecular weight is 281 g/mol. The fourth-order valence-electron chi connectivity index (χ4n) is 1.80. The molecule has 0 aliphatic rings. The maximum Gasteiger partial charge on any atom is 0.338 e. The monoisotopic (exact) mass is 281 g/mol. The quantitative estimate of drug-likeness (QED) is 0.624. The van der Waals surface area contributed by atoms with Gasteiger partial charge in [0.1, 0.15) is 19.0 Å². The van der Waals surface area contributed by atoms with E-state index in [2.05, 4.69) is 0 Å². The Hall–Kier alpha value is -2.80. The first-order valence-electron chi connectivity index (χ1n) is 6.56. The molecular weight excluding hydrogens is 266 g/mol. The van der Waals surface area contributed by atoms with Crippen molar-refractivity contribution in [3.63, 3.8) is 0 Å². The van der Waals surface area contributed by atoms with E-state index in [0.717, 1.165) is 11.3 Å². The summed E-state index contributed by atoms with van der Waals surface area (Å²) in [6.45, 7) is 2.40. The van der Waals surface area contributed by atoms with Crippen LogP contribution in [-0.2, 0) is 4.74 Å². The minimum atomic E-state index is -0.458. The molecule has 0 radical (unpaired) electrons. The van der Waals surface area contributed by atoms with E-state index in [0.29, 0.717) is 11.1 Å². The Labute approximate surface area is 123 Å². The van der Waals surface area contributed by atoms with Gasteiger partial charge in [0.15, 0.2) is 0 Å².